The molecule has 1 aliphatic heterocycles. The molecule has 2 atom stereocenters. The van der Waals surface area contributed by atoms with Crippen LogP contribution >= 0.6 is 0 Å². The number of benzene rings is 2. The van der Waals surface area contributed by atoms with Gasteiger partial charge >= 0.3 is 5.97 Å². The summed E-state index contributed by atoms with van der Waals surface area (Å²) in [5, 5.41) is 0. The van der Waals surface area contributed by atoms with Crippen LogP contribution in [-0.4, -0.2) is 55.4 Å². The van der Waals surface area contributed by atoms with Gasteiger partial charge in [-0.1, -0.05) is 36.4 Å². The molecule has 3 rings (SSSR count). The van der Waals surface area contributed by atoms with E-state index in [0.717, 1.165) is 5.56 Å². The van der Waals surface area contributed by atoms with Crippen molar-refractivity contribution in [2.75, 3.05) is 18.1 Å². The van der Waals surface area contributed by atoms with Gasteiger partial charge in [-0.05, 0) is 44.0 Å². The molecule has 31 heavy (non-hydrogen) atoms. The average molecular weight is 446 g/mol. The maximum absolute atomic E-state index is 12.8. The number of esters is 1. The molecule has 7 nitrogen and oxygen atoms in total. The van der Waals surface area contributed by atoms with E-state index in [9.17, 15) is 18.0 Å². The summed E-state index contributed by atoms with van der Waals surface area (Å²) in [5.41, 5.74) is 1.28. The van der Waals surface area contributed by atoms with Gasteiger partial charge in [0.05, 0.1) is 17.1 Å². The smallest absolute Gasteiger partial charge is 0.339 e. The molecule has 2 unspecified atom stereocenters. The molecule has 0 bridgehead atoms. The van der Waals surface area contributed by atoms with E-state index in [1.165, 1.54) is 11.8 Å². The standard InChI is InChI=1S/C23H27NO6S/c1-3-24(20-12-13-31(27,28)16-20)22(25)17(2)30-23(26)19-10-7-11-21(14-19)29-15-18-8-5-4-6-9-18/h4-11,14,17,20H,3,12-13,15-16H2,1-2H3. The third-order valence-electron chi connectivity index (χ3n) is 5.22. The fraction of sp³-hybridized carbons (Fsp3) is 0.391. The molecular formula is C23H27NO6S. The molecule has 0 aliphatic carbocycles. The zero-order valence-electron chi connectivity index (χ0n) is 17.7. The number of ether oxygens (including phenoxy) is 2. The quantitative estimate of drug-likeness (QED) is 0.581. The van der Waals surface area contributed by atoms with Crippen LogP contribution in [0.4, 0.5) is 0 Å². The summed E-state index contributed by atoms with van der Waals surface area (Å²) in [6, 6.07) is 15.9. The first-order valence-corrected chi connectivity index (χ1v) is 12.1. The number of nitrogens with zero attached hydrogens (tertiary/aromatic N) is 1. The first-order chi connectivity index (χ1) is 14.8. The van der Waals surface area contributed by atoms with Gasteiger partial charge in [-0.3, -0.25) is 4.79 Å². The Kier molecular flexibility index (Phi) is 7.33. The van der Waals surface area contributed by atoms with Gasteiger partial charge in [0.15, 0.2) is 15.9 Å². The number of likely N-dealkylation sites (N-methyl/N-ethyl adjacent to an activating group) is 1. The molecule has 0 spiro atoms. The fourth-order valence-electron chi connectivity index (χ4n) is 3.58. The van der Waals surface area contributed by atoms with Gasteiger partial charge in [0.2, 0.25) is 0 Å². The molecule has 166 valence electrons. The second-order valence-corrected chi connectivity index (χ2v) is 9.76. The van der Waals surface area contributed by atoms with Gasteiger partial charge in [0, 0.05) is 12.6 Å². The van der Waals surface area contributed by atoms with E-state index in [1.54, 1.807) is 31.2 Å². The lowest BCUT2D eigenvalue weighted by Gasteiger charge is -2.29. The summed E-state index contributed by atoms with van der Waals surface area (Å²) in [4.78, 5) is 26.9. The summed E-state index contributed by atoms with van der Waals surface area (Å²) < 4.78 is 34.6. The van der Waals surface area contributed by atoms with Crippen LogP contribution in [-0.2, 0) is 26.0 Å². The number of carbonyl (C=O) groups is 2. The first kappa shape index (κ1) is 22.8. The van der Waals surface area contributed by atoms with Crippen LogP contribution < -0.4 is 4.74 Å². The zero-order chi connectivity index (χ0) is 22.4. The normalized spacial score (nSPS) is 18.2. The highest BCUT2D eigenvalue weighted by Gasteiger charge is 2.36. The maximum atomic E-state index is 12.8. The Hall–Kier alpha value is -2.87. The number of amides is 1. The van der Waals surface area contributed by atoms with E-state index in [1.807, 2.05) is 30.3 Å². The number of sulfone groups is 1. The topological polar surface area (TPSA) is 90.0 Å². The summed E-state index contributed by atoms with van der Waals surface area (Å²) in [5.74, 6) is -0.487. The Labute approximate surface area is 182 Å². The maximum Gasteiger partial charge on any atom is 0.339 e. The lowest BCUT2D eigenvalue weighted by Crippen LogP contribution is -2.46. The molecular weight excluding hydrogens is 418 g/mol. The molecule has 0 saturated carbocycles. The average Bonchev–Trinajstić information content (AvgIpc) is 3.12. The molecule has 2 aromatic rings. The van der Waals surface area contributed by atoms with Crippen LogP contribution in [0.3, 0.4) is 0 Å². The lowest BCUT2D eigenvalue weighted by molar-refractivity contribution is -0.141. The molecule has 1 heterocycles. The highest BCUT2D eigenvalue weighted by molar-refractivity contribution is 7.91. The van der Waals surface area contributed by atoms with Gasteiger partial charge < -0.3 is 14.4 Å². The minimum absolute atomic E-state index is 0.0476. The molecule has 1 aliphatic rings. The van der Waals surface area contributed by atoms with Crippen molar-refractivity contribution < 1.29 is 27.5 Å². The predicted molar refractivity (Wildman–Crippen MR) is 117 cm³/mol. The second kappa shape index (κ2) is 9.96. The van der Waals surface area contributed by atoms with Crippen molar-refractivity contribution in [3.63, 3.8) is 0 Å². The Morgan fingerprint density at radius 3 is 2.52 bits per heavy atom. The van der Waals surface area contributed by atoms with Gasteiger partial charge in [-0.15, -0.1) is 0 Å². The summed E-state index contributed by atoms with van der Waals surface area (Å²) >= 11 is 0. The van der Waals surface area contributed by atoms with Crippen LogP contribution in [0.25, 0.3) is 0 Å². The summed E-state index contributed by atoms with van der Waals surface area (Å²) in [7, 11) is -3.12. The Morgan fingerprint density at radius 2 is 1.87 bits per heavy atom. The van der Waals surface area contributed by atoms with Gasteiger partial charge in [-0.2, -0.15) is 0 Å². The van der Waals surface area contributed by atoms with Crippen molar-refractivity contribution in [2.45, 2.75) is 39.0 Å². The van der Waals surface area contributed by atoms with E-state index in [0.29, 0.717) is 25.3 Å². The Morgan fingerprint density at radius 1 is 1.13 bits per heavy atom. The molecule has 2 aromatic carbocycles. The van der Waals surface area contributed by atoms with Crippen LogP contribution in [0.5, 0.6) is 5.75 Å². The van der Waals surface area contributed by atoms with Gasteiger partial charge in [0.25, 0.3) is 5.91 Å². The van der Waals surface area contributed by atoms with Crippen molar-refractivity contribution in [2.24, 2.45) is 0 Å². The van der Waals surface area contributed by atoms with E-state index in [-0.39, 0.29) is 23.1 Å². The lowest BCUT2D eigenvalue weighted by atomic mass is 10.2. The number of carbonyl (C=O) groups excluding carboxylic acids is 2. The molecule has 0 aromatic heterocycles. The van der Waals surface area contributed by atoms with Crippen molar-refractivity contribution in [1.29, 1.82) is 0 Å². The third kappa shape index (κ3) is 6.07. The van der Waals surface area contributed by atoms with E-state index in [4.69, 9.17) is 9.47 Å². The molecule has 1 fully saturated rings. The second-order valence-electron chi connectivity index (χ2n) is 7.53. The highest BCUT2D eigenvalue weighted by Crippen LogP contribution is 2.20. The molecule has 8 heteroatoms. The number of hydrogen-bond acceptors (Lipinski definition) is 6. The Bertz CT molecular complexity index is 1020. The SMILES string of the molecule is CCN(C(=O)C(C)OC(=O)c1cccc(OCc2ccccc2)c1)C1CCS(=O)(=O)C1. The van der Waals surface area contributed by atoms with Gasteiger partial charge in [-0.25, -0.2) is 13.2 Å². The number of hydrogen-bond donors (Lipinski definition) is 0. The Balaban J connectivity index is 1.60. The minimum Gasteiger partial charge on any atom is -0.489 e. The fourth-order valence-corrected chi connectivity index (χ4v) is 5.31. The monoisotopic (exact) mass is 445 g/mol. The van der Waals surface area contributed by atoms with Crippen molar-refractivity contribution in [3.8, 4) is 5.75 Å². The molecule has 0 radical (unpaired) electrons. The van der Waals surface area contributed by atoms with E-state index in [2.05, 4.69) is 0 Å². The van der Waals surface area contributed by atoms with Crippen molar-refractivity contribution in [3.05, 3.63) is 65.7 Å². The van der Waals surface area contributed by atoms with E-state index < -0.39 is 27.8 Å². The summed E-state index contributed by atoms with van der Waals surface area (Å²) in [6.45, 7) is 4.00. The molecule has 1 saturated heterocycles. The van der Waals surface area contributed by atoms with Crippen LogP contribution in [0.2, 0.25) is 0 Å². The van der Waals surface area contributed by atoms with Crippen molar-refractivity contribution >= 4 is 21.7 Å². The predicted octanol–water partition coefficient (Wildman–Crippen LogP) is 2.85. The van der Waals surface area contributed by atoms with Gasteiger partial charge in [0.1, 0.15) is 12.4 Å². The molecule has 0 N–H and O–H groups in total. The minimum atomic E-state index is -3.12. The van der Waals surface area contributed by atoms with Crippen molar-refractivity contribution in [1.82, 2.24) is 4.90 Å². The van der Waals surface area contributed by atoms with Crippen LogP contribution in [0, 0.1) is 0 Å². The molecule has 1 amide bonds. The van der Waals surface area contributed by atoms with E-state index >= 15 is 0 Å². The highest BCUT2D eigenvalue weighted by atomic mass is 32.2. The largest absolute Gasteiger partial charge is 0.489 e. The number of rotatable bonds is 8. The first-order valence-electron chi connectivity index (χ1n) is 10.3. The van der Waals surface area contributed by atoms with Crippen LogP contribution in [0.15, 0.2) is 54.6 Å². The zero-order valence-corrected chi connectivity index (χ0v) is 18.5. The third-order valence-corrected chi connectivity index (χ3v) is 6.97. The van der Waals surface area contributed by atoms with Crippen LogP contribution in [0.1, 0.15) is 36.2 Å². The summed E-state index contributed by atoms with van der Waals surface area (Å²) in [6.07, 6.45) is -0.617.